The summed E-state index contributed by atoms with van der Waals surface area (Å²) in [5, 5.41) is 9.51. The summed E-state index contributed by atoms with van der Waals surface area (Å²) in [5.41, 5.74) is -0.558. The highest BCUT2D eigenvalue weighted by atomic mass is 16.3. The Morgan fingerprint density at radius 1 is 1.17 bits per heavy atom. The Kier molecular flexibility index (Phi) is 4.63. The highest BCUT2D eigenvalue weighted by Gasteiger charge is 2.49. The van der Waals surface area contributed by atoms with Crippen LogP contribution in [-0.4, -0.2) is 39.1 Å². The van der Waals surface area contributed by atoms with Crippen LogP contribution in [0.4, 0.5) is 10.6 Å². The molecule has 2 N–H and O–H groups in total. The van der Waals surface area contributed by atoms with Gasteiger partial charge in [-0.25, -0.2) is 9.48 Å². The van der Waals surface area contributed by atoms with Crippen LogP contribution in [-0.2, 0) is 21.7 Å². The second-order valence-electron chi connectivity index (χ2n) is 6.81. The van der Waals surface area contributed by atoms with Gasteiger partial charge in [-0.3, -0.25) is 14.5 Å². The van der Waals surface area contributed by atoms with Gasteiger partial charge in [-0.15, -0.1) is 0 Å². The average Bonchev–Trinajstić information content (AvgIpc) is 3.42. The molecular weight excluding hydrogens is 374 g/mol. The van der Waals surface area contributed by atoms with Gasteiger partial charge in [0.2, 0.25) is 5.91 Å². The maximum absolute atomic E-state index is 12.9. The summed E-state index contributed by atoms with van der Waals surface area (Å²) in [5.74, 6) is 0.126. The lowest BCUT2D eigenvalue weighted by atomic mass is 9.92. The third-order valence-corrected chi connectivity index (χ3v) is 4.80. The molecule has 1 aliphatic rings. The molecule has 1 unspecified atom stereocenters. The zero-order chi connectivity index (χ0) is 20.4. The van der Waals surface area contributed by atoms with Gasteiger partial charge in [-0.1, -0.05) is 30.3 Å². The first kappa shape index (κ1) is 18.5. The maximum Gasteiger partial charge on any atom is 0.325 e. The van der Waals surface area contributed by atoms with E-state index in [1.807, 2.05) is 6.07 Å². The van der Waals surface area contributed by atoms with Crippen LogP contribution in [0.1, 0.15) is 18.2 Å². The number of hydrogen-bond donors (Lipinski definition) is 2. The van der Waals surface area contributed by atoms with Crippen LogP contribution in [0.2, 0.25) is 0 Å². The number of aromatic nitrogens is 2. The van der Waals surface area contributed by atoms with Crippen molar-refractivity contribution in [2.45, 2.75) is 19.0 Å². The smallest absolute Gasteiger partial charge is 0.325 e. The molecule has 0 radical (unpaired) electrons. The monoisotopic (exact) mass is 393 g/mol. The molecule has 0 bridgehead atoms. The lowest BCUT2D eigenvalue weighted by Gasteiger charge is -2.22. The Morgan fingerprint density at radius 3 is 2.69 bits per heavy atom. The first-order valence-electron chi connectivity index (χ1n) is 9.01. The number of anilines is 1. The topological polar surface area (TPSA) is 109 Å². The molecule has 9 heteroatoms. The third kappa shape index (κ3) is 3.49. The second-order valence-corrected chi connectivity index (χ2v) is 6.81. The predicted molar refractivity (Wildman–Crippen MR) is 103 cm³/mol. The van der Waals surface area contributed by atoms with Gasteiger partial charge in [-0.05, 0) is 24.6 Å². The zero-order valence-corrected chi connectivity index (χ0v) is 15.7. The number of urea groups is 1. The summed E-state index contributed by atoms with van der Waals surface area (Å²) in [6.45, 7) is 1.56. The Labute approximate surface area is 166 Å². The van der Waals surface area contributed by atoms with Crippen LogP contribution >= 0.6 is 0 Å². The quantitative estimate of drug-likeness (QED) is 0.622. The summed E-state index contributed by atoms with van der Waals surface area (Å²) in [6.07, 6.45) is 3.09. The molecule has 1 atom stereocenters. The number of carbonyl (C=O) groups excluding carboxylic acids is 3. The minimum atomic E-state index is -1.21. The Balaban J connectivity index is 1.45. The first-order valence-corrected chi connectivity index (χ1v) is 9.01. The number of nitrogens with one attached hydrogen (secondary N) is 2. The third-order valence-electron chi connectivity index (χ3n) is 4.80. The highest BCUT2D eigenvalue weighted by molar-refractivity contribution is 6.10. The van der Waals surface area contributed by atoms with E-state index in [1.54, 1.807) is 66.5 Å². The van der Waals surface area contributed by atoms with Crippen LogP contribution < -0.4 is 10.6 Å². The minimum Gasteiger partial charge on any atom is -0.467 e. The van der Waals surface area contributed by atoms with Crippen molar-refractivity contribution >= 4 is 23.7 Å². The molecule has 1 fully saturated rings. The van der Waals surface area contributed by atoms with Crippen molar-refractivity contribution in [1.29, 1.82) is 0 Å². The summed E-state index contributed by atoms with van der Waals surface area (Å²) in [6, 6.07) is 13.5. The van der Waals surface area contributed by atoms with Crippen LogP contribution in [0.5, 0.6) is 0 Å². The molecule has 1 aliphatic heterocycles. The number of nitrogens with zero attached hydrogens (tertiary/aromatic N) is 3. The fourth-order valence-corrected chi connectivity index (χ4v) is 3.25. The number of amides is 4. The van der Waals surface area contributed by atoms with Gasteiger partial charge in [0.1, 0.15) is 30.2 Å². The second kappa shape index (κ2) is 7.27. The van der Waals surface area contributed by atoms with E-state index in [2.05, 4.69) is 15.7 Å². The maximum atomic E-state index is 12.9. The molecular formula is C20H19N5O4. The van der Waals surface area contributed by atoms with Crippen molar-refractivity contribution in [3.8, 4) is 0 Å². The molecule has 2 aromatic heterocycles. The molecule has 3 aromatic rings. The predicted octanol–water partition coefficient (Wildman–Crippen LogP) is 1.93. The van der Waals surface area contributed by atoms with E-state index in [9.17, 15) is 14.4 Å². The standard InChI is InChI=1S/C20H19N5O4/c1-20(14-6-3-2-4-7-14)18(27)24(19(28)23-20)13-17(26)22-16-9-10-21-25(16)12-15-8-5-11-29-15/h2-11H,12-13H2,1H3,(H,22,26)(H,23,28). The Hall–Kier alpha value is -3.88. The first-order chi connectivity index (χ1) is 14.0. The molecule has 4 amide bonds. The number of furan rings is 1. The molecule has 4 rings (SSSR count). The van der Waals surface area contributed by atoms with Gasteiger partial charge in [0.25, 0.3) is 5.91 Å². The van der Waals surface area contributed by atoms with Gasteiger partial charge in [0.05, 0.1) is 12.5 Å². The molecule has 0 saturated carbocycles. The van der Waals surface area contributed by atoms with Gasteiger partial charge in [0.15, 0.2) is 0 Å². The molecule has 0 aliphatic carbocycles. The zero-order valence-electron chi connectivity index (χ0n) is 15.7. The summed E-state index contributed by atoms with van der Waals surface area (Å²) in [4.78, 5) is 38.7. The van der Waals surface area contributed by atoms with Crippen LogP contribution in [0, 0.1) is 0 Å². The van der Waals surface area contributed by atoms with Crippen LogP contribution in [0.25, 0.3) is 0 Å². The summed E-state index contributed by atoms with van der Waals surface area (Å²) < 4.78 is 6.84. The fourth-order valence-electron chi connectivity index (χ4n) is 3.25. The van der Waals surface area contributed by atoms with Crippen molar-refractivity contribution in [2.75, 3.05) is 11.9 Å². The van der Waals surface area contributed by atoms with Gasteiger partial charge >= 0.3 is 6.03 Å². The number of rotatable bonds is 6. The van der Waals surface area contributed by atoms with Gasteiger partial charge in [0, 0.05) is 6.07 Å². The van der Waals surface area contributed by atoms with Crippen molar-refractivity contribution in [3.05, 3.63) is 72.3 Å². The van der Waals surface area contributed by atoms with E-state index in [1.165, 1.54) is 0 Å². The lowest BCUT2D eigenvalue weighted by molar-refractivity contribution is -0.133. The average molecular weight is 393 g/mol. The van der Waals surface area contributed by atoms with E-state index in [0.717, 1.165) is 4.90 Å². The van der Waals surface area contributed by atoms with Gasteiger partial charge < -0.3 is 15.1 Å². The number of benzene rings is 1. The largest absolute Gasteiger partial charge is 0.467 e. The molecule has 3 heterocycles. The highest BCUT2D eigenvalue weighted by Crippen LogP contribution is 2.28. The fraction of sp³-hybridized carbons (Fsp3) is 0.200. The van der Waals surface area contributed by atoms with Crippen molar-refractivity contribution in [1.82, 2.24) is 20.0 Å². The number of imide groups is 1. The Bertz CT molecular complexity index is 1040. The molecule has 9 nitrogen and oxygen atoms in total. The molecule has 1 saturated heterocycles. The van der Waals surface area contributed by atoms with E-state index >= 15 is 0 Å². The normalized spacial score (nSPS) is 18.7. The van der Waals surface area contributed by atoms with E-state index in [4.69, 9.17) is 4.42 Å². The van der Waals surface area contributed by atoms with E-state index in [0.29, 0.717) is 23.7 Å². The molecule has 29 heavy (non-hydrogen) atoms. The minimum absolute atomic E-state index is 0.338. The summed E-state index contributed by atoms with van der Waals surface area (Å²) >= 11 is 0. The Morgan fingerprint density at radius 2 is 1.97 bits per heavy atom. The molecule has 0 spiro atoms. The van der Waals surface area contributed by atoms with Crippen molar-refractivity contribution in [2.24, 2.45) is 0 Å². The molecule has 1 aromatic carbocycles. The SMILES string of the molecule is CC1(c2ccccc2)NC(=O)N(CC(=O)Nc2ccnn2Cc2ccco2)C1=O. The van der Waals surface area contributed by atoms with Crippen molar-refractivity contribution in [3.63, 3.8) is 0 Å². The van der Waals surface area contributed by atoms with Crippen molar-refractivity contribution < 1.29 is 18.8 Å². The summed E-state index contributed by atoms with van der Waals surface area (Å²) in [7, 11) is 0. The molecule has 148 valence electrons. The van der Waals surface area contributed by atoms with E-state index < -0.39 is 29.9 Å². The van der Waals surface area contributed by atoms with E-state index in [-0.39, 0.29) is 0 Å². The van der Waals surface area contributed by atoms with Crippen LogP contribution in [0.15, 0.2) is 65.4 Å². The van der Waals surface area contributed by atoms with Crippen LogP contribution in [0.3, 0.4) is 0 Å². The number of carbonyl (C=O) groups is 3. The lowest BCUT2D eigenvalue weighted by Crippen LogP contribution is -2.42. The van der Waals surface area contributed by atoms with Gasteiger partial charge in [-0.2, -0.15) is 5.10 Å². The number of hydrogen-bond acceptors (Lipinski definition) is 5.